The monoisotopic (exact) mass is 385 g/mol. The predicted octanol–water partition coefficient (Wildman–Crippen LogP) is 3.21. The van der Waals surface area contributed by atoms with Crippen molar-refractivity contribution in [3.05, 3.63) is 52.7 Å². The van der Waals surface area contributed by atoms with Crippen molar-refractivity contribution < 1.29 is 14.3 Å². The zero-order chi connectivity index (χ0) is 20.0. The van der Waals surface area contributed by atoms with Gasteiger partial charge in [0.2, 0.25) is 11.8 Å². The quantitative estimate of drug-likeness (QED) is 0.775. The van der Waals surface area contributed by atoms with E-state index in [9.17, 15) is 9.59 Å². The van der Waals surface area contributed by atoms with Crippen LogP contribution in [-0.2, 0) is 4.79 Å². The molecule has 2 aromatic rings. The summed E-state index contributed by atoms with van der Waals surface area (Å²) in [6.07, 6.45) is 6.63. The number of nitrogens with zero attached hydrogens (tertiary/aromatic N) is 2. The van der Waals surface area contributed by atoms with Gasteiger partial charge in [-0.3, -0.25) is 9.59 Å². The number of benzene rings is 1. The van der Waals surface area contributed by atoms with Gasteiger partial charge in [-0.2, -0.15) is 0 Å². The number of pyridine rings is 1. The van der Waals surface area contributed by atoms with Gasteiger partial charge in [-0.1, -0.05) is 23.6 Å². The Morgan fingerprint density at radius 1 is 1.37 bits per heavy atom. The lowest BCUT2D eigenvalue weighted by Crippen LogP contribution is -2.35. The van der Waals surface area contributed by atoms with Crippen LogP contribution in [0.25, 0.3) is 0 Å². The van der Waals surface area contributed by atoms with E-state index in [1.807, 2.05) is 13.8 Å². The lowest BCUT2D eigenvalue weighted by atomic mass is 10.2. The van der Waals surface area contributed by atoms with Crippen LogP contribution in [0, 0.1) is 12.3 Å². The van der Waals surface area contributed by atoms with Crippen molar-refractivity contribution in [3.8, 4) is 18.2 Å². The third-order valence-electron chi connectivity index (χ3n) is 3.44. The third-order valence-corrected chi connectivity index (χ3v) is 3.71. The fourth-order valence-corrected chi connectivity index (χ4v) is 2.46. The fraction of sp³-hybridized carbons (Fsp3) is 0.250. The van der Waals surface area contributed by atoms with Crippen molar-refractivity contribution in [1.82, 2.24) is 9.88 Å². The maximum Gasteiger partial charge on any atom is 0.255 e. The minimum atomic E-state index is -0.381. The summed E-state index contributed by atoms with van der Waals surface area (Å²) in [4.78, 5) is 30.0. The average molecular weight is 386 g/mol. The van der Waals surface area contributed by atoms with Crippen molar-refractivity contribution in [1.29, 1.82) is 0 Å². The Labute approximate surface area is 163 Å². The van der Waals surface area contributed by atoms with Crippen molar-refractivity contribution in [3.63, 3.8) is 0 Å². The van der Waals surface area contributed by atoms with E-state index in [0.717, 1.165) is 0 Å². The first-order valence-electron chi connectivity index (χ1n) is 8.24. The zero-order valence-corrected chi connectivity index (χ0v) is 16.1. The molecule has 0 atom stereocenters. The Balaban J connectivity index is 2.01. The summed E-state index contributed by atoms with van der Waals surface area (Å²) in [5, 5.41) is 2.94. The van der Waals surface area contributed by atoms with E-state index in [1.54, 1.807) is 24.3 Å². The molecule has 0 unspecified atom stereocenters. The molecule has 0 spiro atoms. The van der Waals surface area contributed by atoms with E-state index >= 15 is 0 Å². The molecule has 0 radical (unpaired) electrons. The van der Waals surface area contributed by atoms with Crippen LogP contribution in [0.4, 0.5) is 5.69 Å². The summed E-state index contributed by atoms with van der Waals surface area (Å²) in [7, 11) is 1.52. The molecule has 1 aromatic carbocycles. The van der Waals surface area contributed by atoms with E-state index in [2.05, 4.69) is 16.2 Å². The van der Waals surface area contributed by atoms with Crippen molar-refractivity contribution in [2.45, 2.75) is 20.0 Å². The van der Waals surface area contributed by atoms with Crippen LogP contribution in [0.2, 0.25) is 5.02 Å². The van der Waals surface area contributed by atoms with E-state index in [4.69, 9.17) is 22.8 Å². The average Bonchev–Trinajstić information content (AvgIpc) is 2.62. The van der Waals surface area contributed by atoms with Crippen molar-refractivity contribution in [2.24, 2.45) is 0 Å². The predicted molar refractivity (Wildman–Crippen MR) is 105 cm³/mol. The van der Waals surface area contributed by atoms with Crippen LogP contribution in [0.1, 0.15) is 29.8 Å². The maximum atomic E-state index is 12.5. The summed E-state index contributed by atoms with van der Waals surface area (Å²) in [5.74, 6) is 2.03. The molecule has 1 aromatic heterocycles. The van der Waals surface area contributed by atoms with Gasteiger partial charge in [-0.05, 0) is 38.1 Å². The van der Waals surface area contributed by atoms with Gasteiger partial charge in [-0.25, -0.2) is 4.98 Å². The molecular weight excluding hydrogens is 366 g/mol. The molecule has 1 heterocycles. The highest BCUT2D eigenvalue weighted by Gasteiger charge is 2.17. The van der Waals surface area contributed by atoms with Gasteiger partial charge in [-0.15, -0.1) is 6.42 Å². The minimum absolute atomic E-state index is 0.0871. The molecular formula is C20H20ClN3O3. The molecule has 7 heteroatoms. The molecule has 0 aliphatic heterocycles. The molecule has 0 aliphatic carbocycles. The van der Waals surface area contributed by atoms with Crippen LogP contribution >= 0.6 is 11.6 Å². The number of aromatic nitrogens is 1. The van der Waals surface area contributed by atoms with Gasteiger partial charge in [0.1, 0.15) is 5.02 Å². The topological polar surface area (TPSA) is 71.5 Å². The molecule has 0 bridgehead atoms. The number of terminal acetylenes is 1. The lowest BCUT2D eigenvalue weighted by Gasteiger charge is -2.17. The van der Waals surface area contributed by atoms with Crippen LogP contribution < -0.4 is 10.1 Å². The van der Waals surface area contributed by atoms with E-state index in [-0.39, 0.29) is 40.9 Å². The molecule has 0 saturated carbocycles. The van der Waals surface area contributed by atoms with Crippen molar-refractivity contribution >= 4 is 29.1 Å². The molecule has 2 rings (SSSR count). The first kappa shape index (κ1) is 20.3. The molecule has 140 valence electrons. The van der Waals surface area contributed by atoms with Crippen LogP contribution in [0.5, 0.6) is 5.88 Å². The number of rotatable bonds is 6. The Morgan fingerprint density at radius 3 is 2.74 bits per heavy atom. The fourth-order valence-electron chi connectivity index (χ4n) is 2.25. The van der Waals surface area contributed by atoms with Crippen LogP contribution in [0.3, 0.4) is 0 Å². The molecule has 27 heavy (non-hydrogen) atoms. The summed E-state index contributed by atoms with van der Waals surface area (Å²) >= 11 is 6.11. The second-order valence-electron chi connectivity index (χ2n) is 6.11. The third kappa shape index (κ3) is 5.73. The molecule has 1 N–H and O–H groups in total. The normalized spacial score (nSPS) is 10.2. The number of halogens is 1. The highest BCUT2D eigenvalue weighted by molar-refractivity contribution is 6.32. The first-order valence-corrected chi connectivity index (χ1v) is 8.62. The number of ether oxygens (including phenoxy) is 1. The van der Waals surface area contributed by atoms with E-state index in [0.29, 0.717) is 11.3 Å². The van der Waals surface area contributed by atoms with Gasteiger partial charge in [0.05, 0.1) is 18.2 Å². The first-order chi connectivity index (χ1) is 12.8. The molecule has 6 nitrogen and oxygen atoms in total. The largest absolute Gasteiger partial charge is 0.474 e. The smallest absolute Gasteiger partial charge is 0.255 e. The number of carbonyl (C=O) groups is 2. The Kier molecular flexibility index (Phi) is 6.80. The number of carbonyl (C=O) groups excluding carboxylic acids is 2. The second-order valence-corrected chi connectivity index (χ2v) is 6.52. The van der Waals surface area contributed by atoms with Gasteiger partial charge < -0.3 is 15.0 Å². The Morgan fingerprint density at radius 2 is 2.11 bits per heavy atom. The Hall–Kier alpha value is -3.04. The lowest BCUT2D eigenvalue weighted by molar-refractivity contribution is -0.116. The van der Waals surface area contributed by atoms with Crippen LogP contribution in [-0.4, -0.2) is 41.4 Å². The number of hydrogen-bond donors (Lipinski definition) is 1. The highest BCUT2D eigenvalue weighted by atomic mass is 35.5. The number of amides is 2. The SMILES string of the molecule is C#Cc1cccc(NC(=O)CN(C)C(=O)c2cnc(OC(C)C)c(Cl)c2)c1. The maximum absolute atomic E-state index is 12.5. The molecule has 2 amide bonds. The van der Waals surface area contributed by atoms with Gasteiger partial charge in [0.15, 0.2) is 0 Å². The number of anilines is 1. The summed E-state index contributed by atoms with van der Waals surface area (Å²) in [6, 6.07) is 8.37. The number of hydrogen-bond acceptors (Lipinski definition) is 4. The van der Waals surface area contributed by atoms with Gasteiger partial charge in [0.25, 0.3) is 5.91 Å². The van der Waals surface area contributed by atoms with E-state index in [1.165, 1.54) is 24.2 Å². The standard InChI is InChI=1S/C20H20ClN3O3/c1-5-14-7-6-8-16(9-14)23-18(25)12-24(4)20(26)15-10-17(21)19(22-11-15)27-13(2)3/h1,6-11,13H,12H2,2-4H3,(H,23,25). The summed E-state index contributed by atoms with van der Waals surface area (Å²) < 4.78 is 5.44. The van der Waals surface area contributed by atoms with Crippen LogP contribution in [0.15, 0.2) is 36.5 Å². The Bertz CT molecular complexity index is 890. The summed E-state index contributed by atoms with van der Waals surface area (Å²) in [5.41, 5.74) is 1.48. The van der Waals surface area contributed by atoms with Crippen molar-refractivity contribution in [2.75, 3.05) is 18.9 Å². The molecule has 0 aliphatic rings. The van der Waals surface area contributed by atoms with E-state index < -0.39 is 0 Å². The highest BCUT2D eigenvalue weighted by Crippen LogP contribution is 2.24. The van der Waals surface area contributed by atoms with Gasteiger partial charge >= 0.3 is 0 Å². The summed E-state index contributed by atoms with van der Waals surface area (Å²) in [6.45, 7) is 3.56. The number of likely N-dealkylation sites (N-methyl/N-ethyl adjacent to an activating group) is 1. The minimum Gasteiger partial charge on any atom is -0.474 e. The van der Waals surface area contributed by atoms with Gasteiger partial charge in [0, 0.05) is 24.5 Å². The number of nitrogens with one attached hydrogen (secondary N) is 1. The zero-order valence-electron chi connectivity index (χ0n) is 15.3. The molecule has 0 saturated heterocycles. The second kappa shape index (κ2) is 9.06. The molecule has 0 fully saturated rings.